The van der Waals surface area contributed by atoms with Gasteiger partial charge < -0.3 is 19.4 Å². The Labute approximate surface area is 194 Å². The monoisotopic (exact) mass is 458 g/mol. The molecule has 2 heterocycles. The number of para-hydroxylation sites is 1. The van der Waals surface area contributed by atoms with E-state index in [0.29, 0.717) is 39.0 Å². The molecule has 1 aromatic carbocycles. The van der Waals surface area contributed by atoms with Crippen LogP contribution in [-0.2, 0) is 14.3 Å². The number of nitrogens with zero attached hydrogens (tertiary/aromatic N) is 3. The van der Waals surface area contributed by atoms with E-state index in [2.05, 4.69) is 17.0 Å². The number of hydrogen-bond acceptors (Lipinski definition) is 6. The minimum atomic E-state index is -0.720. The lowest BCUT2D eigenvalue weighted by atomic mass is 9.76. The van der Waals surface area contributed by atoms with E-state index in [9.17, 15) is 19.6 Å². The van der Waals surface area contributed by atoms with E-state index in [1.165, 1.54) is 0 Å². The second kappa shape index (κ2) is 10.9. The van der Waals surface area contributed by atoms with Gasteiger partial charge in [-0.25, -0.2) is 10.3 Å². The van der Waals surface area contributed by atoms with E-state index in [-0.39, 0.29) is 18.4 Å². The number of hydroxylamine groups is 1. The Kier molecular flexibility index (Phi) is 7.69. The van der Waals surface area contributed by atoms with Crippen molar-refractivity contribution in [1.29, 1.82) is 0 Å². The van der Waals surface area contributed by atoms with Gasteiger partial charge in [0.25, 0.3) is 0 Å². The lowest BCUT2D eigenvalue weighted by molar-refractivity contribution is -0.149. The predicted octanol–water partition coefficient (Wildman–Crippen LogP) is 2.25. The molecule has 9 heteroatoms. The highest BCUT2D eigenvalue weighted by molar-refractivity contribution is 5.87. The van der Waals surface area contributed by atoms with Crippen LogP contribution < -0.4 is 10.4 Å². The zero-order valence-electron chi connectivity index (χ0n) is 19.0. The first-order valence-electron chi connectivity index (χ1n) is 12.0. The van der Waals surface area contributed by atoms with Crippen molar-refractivity contribution in [3.05, 3.63) is 30.3 Å². The Morgan fingerprint density at radius 3 is 2.21 bits per heavy atom. The third-order valence-corrected chi connectivity index (χ3v) is 7.16. The summed E-state index contributed by atoms with van der Waals surface area (Å²) in [5.74, 6) is -1.89. The highest BCUT2D eigenvalue weighted by Gasteiger charge is 2.42. The molecule has 2 N–H and O–H groups in total. The Bertz CT molecular complexity index is 821. The predicted molar refractivity (Wildman–Crippen MR) is 122 cm³/mol. The number of carbonyl (C=O) groups is 3. The average molecular weight is 459 g/mol. The molecule has 0 spiro atoms. The molecule has 33 heavy (non-hydrogen) atoms. The number of likely N-dealkylation sites (tertiary alicyclic amines) is 1. The van der Waals surface area contributed by atoms with Gasteiger partial charge in [-0.3, -0.25) is 14.8 Å². The Morgan fingerprint density at radius 1 is 0.848 bits per heavy atom. The smallest absolute Gasteiger partial charge is 0.410 e. The molecule has 3 amide bonds. The van der Waals surface area contributed by atoms with Crippen LogP contribution in [0.3, 0.4) is 0 Å². The first kappa shape index (κ1) is 23.4. The third-order valence-electron chi connectivity index (χ3n) is 7.16. The summed E-state index contributed by atoms with van der Waals surface area (Å²) in [6.45, 7) is 4.03. The molecule has 180 valence electrons. The summed E-state index contributed by atoms with van der Waals surface area (Å²) in [5.41, 5.74) is 2.86. The molecule has 4 rings (SSSR count). The zero-order valence-corrected chi connectivity index (χ0v) is 19.0. The van der Waals surface area contributed by atoms with Crippen LogP contribution in [0.5, 0.6) is 0 Å². The Hall–Kier alpha value is -2.81. The van der Waals surface area contributed by atoms with Gasteiger partial charge in [0, 0.05) is 45.0 Å². The molecule has 3 fully saturated rings. The van der Waals surface area contributed by atoms with Crippen LogP contribution >= 0.6 is 0 Å². The molecule has 3 atom stereocenters. The van der Waals surface area contributed by atoms with Gasteiger partial charge in [0.15, 0.2) is 0 Å². The van der Waals surface area contributed by atoms with Crippen molar-refractivity contribution in [2.24, 2.45) is 11.8 Å². The summed E-state index contributed by atoms with van der Waals surface area (Å²) >= 11 is 0. The first-order chi connectivity index (χ1) is 16.1. The number of piperazine rings is 1. The fourth-order valence-corrected chi connectivity index (χ4v) is 5.26. The van der Waals surface area contributed by atoms with Gasteiger partial charge in [-0.1, -0.05) is 18.2 Å². The van der Waals surface area contributed by atoms with Gasteiger partial charge in [-0.2, -0.15) is 0 Å². The van der Waals surface area contributed by atoms with Gasteiger partial charge in [0.2, 0.25) is 11.8 Å². The van der Waals surface area contributed by atoms with Gasteiger partial charge in [0.1, 0.15) is 6.10 Å². The number of carbonyl (C=O) groups excluding carboxylic acids is 3. The molecule has 0 aromatic heterocycles. The van der Waals surface area contributed by atoms with Crippen molar-refractivity contribution in [3.63, 3.8) is 0 Å². The lowest BCUT2D eigenvalue weighted by Gasteiger charge is -2.40. The molecule has 1 aromatic rings. The van der Waals surface area contributed by atoms with Crippen LogP contribution in [0.2, 0.25) is 0 Å². The normalized spacial score (nSPS) is 26.0. The van der Waals surface area contributed by atoms with Crippen LogP contribution in [-0.4, -0.2) is 78.3 Å². The number of nitrogens with one attached hydrogen (secondary N) is 1. The fourth-order valence-electron chi connectivity index (χ4n) is 5.26. The van der Waals surface area contributed by atoms with Crippen LogP contribution in [0, 0.1) is 11.8 Å². The number of amides is 3. The maximum absolute atomic E-state index is 13.3. The summed E-state index contributed by atoms with van der Waals surface area (Å²) in [4.78, 5) is 44.1. The minimum absolute atomic E-state index is 0.0582. The number of benzene rings is 1. The SMILES string of the molecule is O=C(NO)[C@H]1C[C@H](OC(=O)N2CCCCC2)CC[C@@H]1C(=O)N1CCN(c2ccccc2)CC1. The quantitative estimate of drug-likeness (QED) is 0.530. The highest BCUT2D eigenvalue weighted by atomic mass is 16.6. The van der Waals surface area contributed by atoms with E-state index < -0.39 is 23.8 Å². The van der Waals surface area contributed by atoms with Crippen molar-refractivity contribution in [1.82, 2.24) is 15.3 Å². The molecule has 3 aliphatic rings. The van der Waals surface area contributed by atoms with E-state index in [4.69, 9.17) is 4.74 Å². The lowest BCUT2D eigenvalue weighted by Crippen LogP contribution is -2.53. The van der Waals surface area contributed by atoms with Crippen LogP contribution in [0.4, 0.5) is 10.5 Å². The van der Waals surface area contributed by atoms with Crippen molar-refractivity contribution >= 4 is 23.6 Å². The topological polar surface area (TPSA) is 102 Å². The molecule has 0 bridgehead atoms. The molecule has 1 aliphatic carbocycles. The summed E-state index contributed by atoms with van der Waals surface area (Å²) in [7, 11) is 0. The van der Waals surface area contributed by atoms with Crippen molar-refractivity contribution in [2.45, 2.75) is 44.6 Å². The Morgan fingerprint density at radius 2 is 1.55 bits per heavy atom. The number of anilines is 1. The van der Waals surface area contributed by atoms with Gasteiger partial charge in [-0.15, -0.1) is 0 Å². The maximum Gasteiger partial charge on any atom is 0.410 e. The molecular weight excluding hydrogens is 424 g/mol. The average Bonchev–Trinajstić information content (AvgIpc) is 2.89. The van der Waals surface area contributed by atoms with E-state index in [1.807, 2.05) is 23.1 Å². The summed E-state index contributed by atoms with van der Waals surface area (Å²) in [5, 5.41) is 9.28. The van der Waals surface area contributed by atoms with Crippen molar-refractivity contribution in [2.75, 3.05) is 44.2 Å². The summed E-state index contributed by atoms with van der Waals surface area (Å²) < 4.78 is 5.69. The van der Waals surface area contributed by atoms with Gasteiger partial charge in [0.05, 0.1) is 11.8 Å². The molecule has 0 radical (unpaired) electrons. The van der Waals surface area contributed by atoms with Crippen LogP contribution in [0.15, 0.2) is 30.3 Å². The third kappa shape index (κ3) is 5.58. The molecule has 1 saturated carbocycles. The maximum atomic E-state index is 13.3. The second-order valence-corrected chi connectivity index (χ2v) is 9.20. The largest absolute Gasteiger partial charge is 0.446 e. The fraction of sp³-hybridized carbons (Fsp3) is 0.625. The van der Waals surface area contributed by atoms with E-state index >= 15 is 0 Å². The number of hydrogen-bond donors (Lipinski definition) is 2. The zero-order chi connectivity index (χ0) is 23.2. The number of rotatable bonds is 4. The van der Waals surface area contributed by atoms with Crippen molar-refractivity contribution < 1.29 is 24.3 Å². The second-order valence-electron chi connectivity index (χ2n) is 9.20. The number of piperidine rings is 1. The highest BCUT2D eigenvalue weighted by Crippen LogP contribution is 2.34. The standard InChI is InChI=1S/C24H34N4O5/c29-22(25-32)21-17-19(33-24(31)28-11-5-2-6-12-28)9-10-20(21)23(30)27-15-13-26(14-16-27)18-7-3-1-4-8-18/h1,3-4,7-8,19-21,32H,2,5-6,9-17H2,(H,25,29)/t19-,20+,21+/m1/s1. The first-order valence-corrected chi connectivity index (χ1v) is 12.0. The summed E-state index contributed by atoms with van der Waals surface area (Å²) in [6, 6.07) is 10.1. The Balaban J connectivity index is 1.34. The van der Waals surface area contributed by atoms with Crippen LogP contribution in [0.1, 0.15) is 38.5 Å². The minimum Gasteiger partial charge on any atom is -0.446 e. The number of ether oxygens (including phenoxy) is 1. The van der Waals surface area contributed by atoms with E-state index in [1.54, 1.807) is 10.4 Å². The summed E-state index contributed by atoms with van der Waals surface area (Å²) in [6.07, 6.45) is 3.53. The molecule has 0 unspecified atom stereocenters. The molecular formula is C24H34N4O5. The molecule has 2 aliphatic heterocycles. The van der Waals surface area contributed by atoms with E-state index in [0.717, 1.165) is 38.0 Å². The van der Waals surface area contributed by atoms with Crippen molar-refractivity contribution in [3.8, 4) is 0 Å². The molecule has 2 saturated heterocycles. The molecule has 9 nitrogen and oxygen atoms in total. The van der Waals surface area contributed by atoms with Gasteiger partial charge >= 0.3 is 6.09 Å². The van der Waals surface area contributed by atoms with Crippen LogP contribution in [0.25, 0.3) is 0 Å². The van der Waals surface area contributed by atoms with Gasteiger partial charge in [-0.05, 0) is 50.7 Å².